The number of imide groups is 1. The van der Waals surface area contributed by atoms with Gasteiger partial charge in [0.05, 0.1) is 12.1 Å². The first-order valence-electron chi connectivity index (χ1n) is 12.1. The highest BCUT2D eigenvalue weighted by molar-refractivity contribution is 8.76. The smallest absolute Gasteiger partial charge is 0.250 e. The van der Waals surface area contributed by atoms with Gasteiger partial charge in [-0.1, -0.05) is 63.1 Å². The van der Waals surface area contributed by atoms with Crippen LogP contribution in [0.25, 0.3) is 0 Å². The summed E-state index contributed by atoms with van der Waals surface area (Å²) in [5.41, 5.74) is 0. The molecule has 5 atom stereocenters. The molecule has 2 heterocycles. The van der Waals surface area contributed by atoms with Crippen LogP contribution in [-0.2, 0) is 24.0 Å². The average molecular weight is 530 g/mol. The van der Waals surface area contributed by atoms with E-state index in [4.69, 9.17) is 0 Å². The molecule has 2 bridgehead atoms. The van der Waals surface area contributed by atoms with Crippen molar-refractivity contribution in [2.24, 2.45) is 17.8 Å². The Morgan fingerprint density at radius 1 is 0.657 bits per heavy atom. The maximum atomic E-state index is 13.4. The van der Waals surface area contributed by atoms with E-state index in [-0.39, 0.29) is 29.4 Å². The van der Waals surface area contributed by atoms with E-state index in [1.165, 1.54) is 21.6 Å². The van der Waals surface area contributed by atoms with Crippen molar-refractivity contribution in [3.05, 3.63) is 0 Å². The molecule has 5 N–H and O–H groups in total. The van der Waals surface area contributed by atoms with E-state index in [2.05, 4.69) is 26.6 Å². The van der Waals surface area contributed by atoms with Gasteiger partial charge < -0.3 is 16.0 Å². The Balaban J connectivity index is 2.47. The van der Waals surface area contributed by atoms with Crippen LogP contribution in [0.15, 0.2) is 0 Å². The third kappa shape index (κ3) is 8.98. The van der Waals surface area contributed by atoms with Crippen molar-refractivity contribution < 1.29 is 24.0 Å². The molecule has 0 radical (unpaired) electrons. The van der Waals surface area contributed by atoms with Crippen molar-refractivity contribution in [2.45, 2.75) is 84.6 Å². The highest BCUT2D eigenvalue weighted by atomic mass is 33.1. The van der Waals surface area contributed by atoms with Gasteiger partial charge in [-0.25, -0.2) is 0 Å². The minimum atomic E-state index is -0.980. The van der Waals surface area contributed by atoms with E-state index in [0.717, 1.165) is 0 Å². The third-order valence-corrected chi connectivity index (χ3v) is 8.18. The van der Waals surface area contributed by atoms with Gasteiger partial charge in [0.25, 0.3) is 0 Å². The number of rotatable bonds is 5. The molecule has 0 aliphatic carbocycles. The fourth-order valence-corrected chi connectivity index (χ4v) is 6.24. The molecule has 0 unspecified atom stereocenters. The van der Waals surface area contributed by atoms with E-state index >= 15 is 0 Å². The largest absolute Gasteiger partial charge is 0.343 e. The summed E-state index contributed by atoms with van der Waals surface area (Å²) < 4.78 is 0. The van der Waals surface area contributed by atoms with E-state index in [9.17, 15) is 24.0 Å². The fraction of sp³-hybridized carbons (Fsp3) is 0.783. The number of fused-ring (bicyclic) bond motifs is 3. The molecular formula is C23H39N5O5S2. The summed E-state index contributed by atoms with van der Waals surface area (Å²) in [6.07, 6.45) is 0.830. The Bertz CT molecular complexity index is 807. The predicted molar refractivity (Wildman–Crippen MR) is 138 cm³/mol. The molecule has 2 saturated heterocycles. The van der Waals surface area contributed by atoms with Gasteiger partial charge in [0.2, 0.25) is 29.5 Å². The second kappa shape index (κ2) is 13.5. The molecule has 12 heteroatoms. The maximum absolute atomic E-state index is 13.4. The number of amides is 5. The summed E-state index contributed by atoms with van der Waals surface area (Å²) >= 11 is 0. The molecule has 2 aliphatic heterocycles. The third-order valence-electron chi connectivity index (χ3n) is 5.76. The Kier molecular flexibility index (Phi) is 11.4. The lowest BCUT2D eigenvalue weighted by molar-refractivity contribution is -0.137. The zero-order valence-electron chi connectivity index (χ0n) is 21.3. The lowest BCUT2D eigenvalue weighted by atomic mass is 9.98. The molecule has 0 aromatic heterocycles. The van der Waals surface area contributed by atoms with Gasteiger partial charge in [-0.05, 0) is 30.6 Å². The summed E-state index contributed by atoms with van der Waals surface area (Å²) in [6.45, 7) is 11.4. The maximum Gasteiger partial charge on any atom is 0.250 e. The molecule has 198 valence electrons. The molecule has 0 spiro atoms. The standard InChI is InChI=1S/C23H39N5O5S2/c1-11(2)7-14-19(29)25-15(8-12(3)4)20(30)27-18(13(5)6)23(33)28-22(32)17-10-35-34-9-16(24-14)21(31)26-17/h11-18,24H,7-10H2,1-6H3,(H,25,29)(H,26,31)(H,27,30)(H,28,32,33)/t14-,15+,16-,17+,18-/m1/s1. The fourth-order valence-electron chi connectivity index (χ4n) is 3.90. The monoisotopic (exact) mass is 529 g/mol. The molecule has 10 nitrogen and oxygen atoms in total. The lowest BCUT2D eigenvalue weighted by Gasteiger charge is -2.29. The van der Waals surface area contributed by atoms with Crippen LogP contribution in [0.5, 0.6) is 0 Å². The minimum Gasteiger partial charge on any atom is -0.343 e. The zero-order valence-corrected chi connectivity index (χ0v) is 22.9. The molecular weight excluding hydrogens is 490 g/mol. The lowest BCUT2D eigenvalue weighted by Crippen LogP contribution is -2.60. The van der Waals surface area contributed by atoms with Crippen LogP contribution in [0.1, 0.15) is 54.4 Å². The Hall–Kier alpha value is -1.79. The van der Waals surface area contributed by atoms with Gasteiger partial charge in [-0.2, -0.15) is 0 Å². The van der Waals surface area contributed by atoms with Gasteiger partial charge in [0.1, 0.15) is 18.1 Å². The molecule has 35 heavy (non-hydrogen) atoms. The van der Waals surface area contributed by atoms with Gasteiger partial charge in [-0.3, -0.25) is 34.6 Å². The summed E-state index contributed by atoms with van der Waals surface area (Å²) in [7, 11) is 2.84. The van der Waals surface area contributed by atoms with E-state index in [0.29, 0.717) is 18.6 Å². The van der Waals surface area contributed by atoms with Crippen LogP contribution in [0, 0.1) is 17.8 Å². The summed E-state index contributed by atoms with van der Waals surface area (Å²) in [6, 6.07) is -4.20. The SMILES string of the molecule is CC(C)C[C@@H]1NC(=O)[C@@H](CC(C)C)N[C@@H]2CSSC[C@H](NC2=O)C(=O)NC(=O)[C@@H](C(C)C)NC1=O. The second-order valence-corrected chi connectivity index (χ2v) is 12.9. The quantitative estimate of drug-likeness (QED) is 0.257. The van der Waals surface area contributed by atoms with Gasteiger partial charge in [0, 0.05) is 11.5 Å². The number of carbonyl (C=O) groups is 5. The number of nitrogens with one attached hydrogen (secondary N) is 5. The van der Waals surface area contributed by atoms with Crippen molar-refractivity contribution in [3.8, 4) is 0 Å². The van der Waals surface area contributed by atoms with Crippen molar-refractivity contribution in [3.63, 3.8) is 0 Å². The van der Waals surface area contributed by atoms with Crippen molar-refractivity contribution >= 4 is 51.1 Å². The molecule has 2 rings (SSSR count). The van der Waals surface area contributed by atoms with Crippen LogP contribution < -0.4 is 26.6 Å². The second-order valence-electron chi connectivity index (χ2n) is 10.3. The van der Waals surface area contributed by atoms with Crippen LogP contribution in [0.4, 0.5) is 0 Å². The number of hydrogen-bond acceptors (Lipinski definition) is 8. The molecule has 0 saturated carbocycles. The van der Waals surface area contributed by atoms with Crippen LogP contribution in [-0.4, -0.2) is 71.3 Å². The van der Waals surface area contributed by atoms with E-state index < -0.39 is 53.8 Å². The first kappa shape index (κ1) is 29.4. The van der Waals surface area contributed by atoms with Gasteiger partial charge in [-0.15, -0.1) is 0 Å². The Morgan fingerprint density at radius 3 is 1.77 bits per heavy atom. The van der Waals surface area contributed by atoms with Crippen molar-refractivity contribution in [2.75, 3.05) is 11.5 Å². The first-order valence-corrected chi connectivity index (χ1v) is 14.6. The van der Waals surface area contributed by atoms with Gasteiger partial charge in [0.15, 0.2) is 0 Å². The molecule has 2 aliphatic rings. The molecule has 0 aromatic rings. The van der Waals surface area contributed by atoms with Crippen molar-refractivity contribution in [1.29, 1.82) is 0 Å². The van der Waals surface area contributed by atoms with Crippen LogP contribution >= 0.6 is 21.6 Å². The van der Waals surface area contributed by atoms with E-state index in [1.54, 1.807) is 13.8 Å². The highest BCUT2D eigenvalue weighted by Gasteiger charge is 2.36. The van der Waals surface area contributed by atoms with Crippen molar-refractivity contribution in [1.82, 2.24) is 26.6 Å². The zero-order chi connectivity index (χ0) is 26.3. The molecule has 2 fully saturated rings. The summed E-state index contributed by atoms with van der Waals surface area (Å²) in [5.74, 6) is -1.92. The topological polar surface area (TPSA) is 146 Å². The average Bonchev–Trinajstić information content (AvgIpc) is 2.73. The van der Waals surface area contributed by atoms with Gasteiger partial charge >= 0.3 is 0 Å². The number of carbonyl (C=O) groups excluding carboxylic acids is 5. The predicted octanol–water partition coefficient (Wildman–Crippen LogP) is 0.567. The minimum absolute atomic E-state index is 0.0966. The molecule has 0 aromatic carbocycles. The summed E-state index contributed by atoms with van der Waals surface area (Å²) in [4.78, 5) is 65.4. The summed E-state index contributed by atoms with van der Waals surface area (Å²) in [5, 5.41) is 13.8. The molecule has 5 amide bonds. The van der Waals surface area contributed by atoms with Crippen LogP contribution in [0.2, 0.25) is 0 Å². The Morgan fingerprint density at radius 2 is 1.20 bits per heavy atom. The Labute approximate surface area is 215 Å². The van der Waals surface area contributed by atoms with Crippen LogP contribution in [0.3, 0.4) is 0 Å². The first-order chi connectivity index (χ1) is 16.4. The normalized spacial score (nSPS) is 29.6. The van der Waals surface area contributed by atoms with E-state index in [1.807, 2.05) is 27.7 Å². The number of hydrogen-bond donors (Lipinski definition) is 5. The highest BCUT2D eigenvalue weighted by Crippen LogP contribution is 2.25.